The Morgan fingerprint density at radius 3 is 2.79 bits per heavy atom. The molecule has 9 nitrogen and oxygen atoms in total. The molecule has 0 unspecified atom stereocenters. The van der Waals surface area contributed by atoms with Gasteiger partial charge < -0.3 is 23.4 Å². The molecule has 2 heterocycles. The second-order valence-electron chi connectivity index (χ2n) is 4.61. The molecule has 2 aromatic rings. The van der Waals surface area contributed by atoms with Gasteiger partial charge in [0.25, 0.3) is 11.8 Å². The molecule has 1 aliphatic heterocycles. The molecule has 0 radical (unpaired) electrons. The highest BCUT2D eigenvalue weighted by molar-refractivity contribution is 6.05. The van der Waals surface area contributed by atoms with E-state index in [0.29, 0.717) is 30.5 Å². The molecule has 0 bridgehead atoms. The Hall–Kier alpha value is -3.23. The molecule has 0 fully saturated rings. The molecule has 1 aliphatic rings. The molecule has 1 aromatic carbocycles. The van der Waals surface area contributed by atoms with E-state index in [1.165, 1.54) is 20.5 Å². The number of aromatic nitrogens is 2. The second-order valence-corrected chi connectivity index (χ2v) is 4.61. The van der Waals surface area contributed by atoms with Gasteiger partial charge in [-0.1, -0.05) is 11.2 Å². The summed E-state index contributed by atoms with van der Waals surface area (Å²) in [6, 6.07) is 4.88. The maximum Gasteiger partial charge on any atom is 0.322 e. The number of hydrogen-bond donors (Lipinski definition) is 1. The Morgan fingerprint density at radius 2 is 2.08 bits per heavy atom. The maximum atomic E-state index is 12.4. The number of para-hydroxylation sites is 1. The summed E-state index contributed by atoms with van der Waals surface area (Å²) in [5, 5.41) is 10.1. The van der Waals surface area contributed by atoms with Crippen LogP contribution in [0.2, 0.25) is 0 Å². The molecule has 1 aromatic heterocycles. The highest BCUT2D eigenvalue weighted by atomic mass is 16.6. The van der Waals surface area contributed by atoms with Crippen LogP contribution >= 0.6 is 0 Å². The van der Waals surface area contributed by atoms with E-state index >= 15 is 0 Å². The molecular formula is C15H15N3O6. The second kappa shape index (κ2) is 6.90. The van der Waals surface area contributed by atoms with Crippen LogP contribution in [-0.2, 0) is 9.47 Å². The molecule has 0 saturated heterocycles. The molecular weight excluding hydrogens is 318 g/mol. The van der Waals surface area contributed by atoms with Crippen LogP contribution in [0.3, 0.4) is 0 Å². The zero-order valence-electron chi connectivity index (χ0n) is 13.1. The zero-order valence-corrected chi connectivity index (χ0v) is 13.1. The standard InChI is InChI=1S/C15H15N3O6/c1-20-10-5-3-4-9(12(10)21-2)13(19)16-15-18-17-14(24-15)11-8-22-6-7-23-11/h3-5,8H,6-7H2,1-2H3,(H,16,18,19). The monoisotopic (exact) mass is 333 g/mol. The fourth-order valence-electron chi connectivity index (χ4n) is 2.08. The Bertz CT molecular complexity index is 770. The number of carbonyl (C=O) groups is 1. The van der Waals surface area contributed by atoms with E-state index in [1.807, 2.05) is 0 Å². The summed E-state index contributed by atoms with van der Waals surface area (Å²) in [6.45, 7) is 0.841. The first-order valence-electron chi connectivity index (χ1n) is 7.03. The third-order valence-electron chi connectivity index (χ3n) is 3.15. The van der Waals surface area contributed by atoms with Gasteiger partial charge in [-0.2, -0.15) is 0 Å². The number of amides is 1. The van der Waals surface area contributed by atoms with Crippen molar-refractivity contribution in [3.05, 3.63) is 35.9 Å². The summed E-state index contributed by atoms with van der Waals surface area (Å²) in [5.74, 6) is 0.699. The number of methoxy groups -OCH3 is 2. The Balaban J connectivity index is 1.78. The Kier molecular flexibility index (Phi) is 4.50. The van der Waals surface area contributed by atoms with Crippen LogP contribution in [0.4, 0.5) is 6.01 Å². The lowest BCUT2D eigenvalue weighted by Gasteiger charge is -2.12. The molecule has 126 valence electrons. The van der Waals surface area contributed by atoms with Gasteiger partial charge in [0.05, 0.1) is 19.8 Å². The highest BCUT2D eigenvalue weighted by Crippen LogP contribution is 2.31. The number of carbonyl (C=O) groups excluding carboxylic acids is 1. The van der Waals surface area contributed by atoms with Crippen molar-refractivity contribution in [2.24, 2.45) is 0 Å². The van der Waals surface area contributed by atoms with E-state index in [0.717, 1.165) is 0 Å². The normalized spacial score (nSPS) is 13.3. The van der Waals surface area contributed by atoms with E-state index in [2.05, 4.69) is 15.5 Å². The van der Waals surface area contributed by atoms with E-state index < -0.39 is 5.91 Å². The first-order chi connectivity index (χ1) is 11.7. The van der Waals surface area contributed by atoms with Gasteiger partial charge in [0.1, 0.15) is 19.5 Å². The number of hydrogen-bond acceptors (Lipinski definition) is 8. The molecule has 3 rings (SSSR count). The number of nitrogens with one attached hydrogen (secondary N) is 1. The van der Waals surface area contributed by atoms with Crippen LogP contribution in [-0.4, -0.2) is 43.5 Å². The minimum absolute atomic E-state index is 0.0741. The van der Waals surface area contributed by atoms with Gasteiger partial charge >= 0.3 is 6.01 Å². The van der Waals surface area contributed by atoms with Crippen molar-refractivity contribution in [1.82, 2.24) is 10.2 Å². The van der Waals surface area contributed by atoms with Crippen molar-refractivity contribution < 1.29 is 28.2 Å². The average molecular weight is 333 g/mol. The van der Waals surface area contributed by atoms with Crippen molar-refractivity contribution in [2.75, 3.05) is 32.8 Å². The average Bonchev–Trinajstić information content (AvgIpc) is 3.10. The summed E-state index contributed by atoms with van der Waals surface area (Å²) in [7, 11) is 2.94. The van der Waals surface area contributed by atoms with Crippen LogP contribution in [0, 0.1) is 0 Å². The summed E-state index contributed by atoms with van der Waals surface area (Å²) in [5.41, 5.74) is 0.271. The van der Waals surface area contributed by atoms with Gasteiger partial charge in [0.2, 0.25) is 5.76 Å². The van der Waals surface area contributed by atoms with Gasteiger partial charge in [-0.3, -0.25) is 10.1 Å². The largest absolute Gasteiger partial charge is 0.494 e. The SMILES string of the molecule is COc1cccc(C(=O)Nc2nnc(C3=COCCO3)o2)c1OC. The summed E-state index contributed by atoms with van der Waals surface area (Å²) >= 11 is 0. The maximum absolute atomic E-state index is 12.4. The summed E-state index contributed by atoms with van der Waals surface area (Å²) in [4.78, 5) is 12.4. The van der Waals surface area contributed by atoms with Crippen molar-refractivity contribution in [2.45, 2.75) is 0 Å². The van der Waals surface area contributed by atoms with Crippen LogP contribution in [0.1, 0.15) is 16.2 Å². The van der Waals surface area contributed by atoms with Gasteiger partial charge in [0, 0.05) is 0 Å². The molecule has 0 atom stereocenters. The number of nitrogens with zero attached hydrogens (tertiary/aromatic N) is 2. The number of rotatable bonds is 5. The zero-order chi connectivity index (χ0) is 16.9. The minimum Gasteiger partial charge on any atom is -0.494 e. The van der Waals surface area contributed by atoms with E-state index in [1.54, 1.807) is 18.2 Å². The lowest BCUT2D eigenvalue weighted by atomic mass is 10.1. The fourth-order valence-corrected chi connectivity index (χ4v) is 2.08. The van der Waals surface area contributed by atoms with Gasteiger partial charge in [0.15, 0.2) is 11.5 Å². The van der Waals surface area contributed by atoms with Gasteiger partial charge in [-0.15, -0.1) is 5.10 Å². The van der Waals surface area contributed by atoms with Crippen LogP contribution < -0.4 is 14.8 Å². The molecule has 9 heteroatoms. The summed E-state index contributed by atoms with van der Waals surface area (Å²) < 4.78 is 26.2. The van der Waals surface area contributed by atoms with E-state index in [-0.39, 0.29) is 17.5 Å². The Labute approximate surface area is 137 Å². The highest BCUT2D eigenvalue weighted by Gasteiger charge is 2.20. The molecule has 1 amide bonds. The molecule has 24 heavy (non-hydrogen) atoms. The van der Waals surface area contributed by atoms with Crippen LogP contribution in [0.15, 0.2) is 28.9 Å². The van der Waals surface area contributed by atoms with Crippen molar-refractivity contribution in [1.29, 1.82) is 0 Å². The predicted molar refractivity (Wildman–Crippen MR) is 81.7 cm³/mol. The third kappa shape index (κ3) is 3.09. The first kappa shape index (κ1) is 15.7. The molecule has 1 N–H and O–H groups in total. The van der Waals surface area contributed by atoms with E-state index in [9.17, 15) is 4.79 Å². The first-order valence-corrected chi connectivity index (χ1v) is 7.03. The number of anilines is 1. The topological polar surface area (TPSA) is 105 Å². The van der Waals surface area contributed by atoms with Crippen molar-refractivity contribution in [3.8, 4) is 11.5 Å². The molecule has 0 saturated carbocycles. The molecule has 0 aliphatic carbocycles. The quantitative estimate of drug-likeness (QED) is 0.881. The van der Waals surface area contributed by atoms with Crippen molar-refractivity contribution >= 4 is 17.7 Å². The third-order valence-corrected chi connectivity index (χ3v) is 3.15. The van der Waals surface area contributed by atoms with E-state index in [4.69, 9.17) is 23.4 Å². The van der Waals surface area contributed by atoms with Crippen molar-refractivity contribution in [3.63, 3.8) is 0 Å². The predicted octanol–water partition coefficient (Wildman–Crippen LogP) is 1.68. The lowest BCUT2D eigenvalue weighted by molar-refractivity contribution is 0.102. The number of ether oxygens (including phenoxy) is 4. The van der Waals surface area contributed by atoms with Gasteiger partial charge in [-0.05, 0) is 12.1 Å². The lowest BCUT2D eigenvalue weighted by Crippen LogP contribution is -2.13. The number of benzene rings is 1. The molecule has 0 spiro atoms. The minimum atomic E-state index is -0.476. The fraction of sp³-hybridized carbons (Fsp3) is 0.267. The Morgan fingerprint density at radius 1 is 1.21 bits per heavy atom. The van der Waals surface area contributed by atoms with Gasteiger partial charge in [-0.25, -0.2) is 0 Å². The smallest absolute Gasteiger partial charge is 0.322 e. The van der Waals surface area contributed by atoms with Crippen LogP contribution in [0.25, 0.3) is 5.76 Å². The summed E-state index contributed by atoms with van der Waals surface area (Å²) in [6.07, 6.45) is 1.38. The van der Waals surface area contributed by atoms with Crippen LogP contribution in [0.5, 0.6) is 11.5 Å².